The first-order valence-electron chi connectivity index (χ1n) is 13.3. The molecule has 0 atom stereocenters. The SMILES string of the molecule is NC(=NC(=O)OCC(Cl)(Cl)Cl)c1cccc(N(CC(=O)Nc2ccc(-c3ccccc3S(N)(=O)=O)cc2)Cc2ccccc2)c1. The van der Waals surface area contributed by atoms with Crippen LogP contribution in [0.25, 0.3) is 11.1 Å². The molecule has 0 fully saturated rings. The molecule has 0 unspecified atom stereocenters. The third-order valence-electron chi connectivity index (χ3n) is 6.30. The van der Waals surface area contributed by atoms with E-state index >= 15 is 0 Å². The molecule has 45 heavy (non-hydrogen) atoms. The molecule has 0 saturated heterocycles. The number of amides is 2. The average molecular weight is 689 g/mol. The van der Waals surface area contributed by atoms with Crippen molar-refractivity contribution in [2.75, 3.05) is 23.4 Å². The zero-order valence-corrected chi connectivity index (χ0v) is 26.7. The van der Waals surface area contributed by atoms with E-state index in [2.05, 4.69) is 10.3 Å². The lowest BCUT2D eigenvalue weighted by atomic mass is 10.1. The molecule has 234 valence electrons. The summed E-state index contributed by atoms with van der Waals surface area (Å²) >= 11 is 16.8. The van der Waals surface area contributed by atoms with Crippen molar-refractivity contribution in [3.8, 4) is 11.1 Å². The molecule has 5 N–H and O–H groups in total. The largest absolute Gasteiger partial charge is 0.443 e. The van der Waals surface area contributed by atoms with Gasteiger partial charge in [0.2, 0.25) is 19.7 Å². The molecule has 0 aromatic heterocycles. The number of primary sulfonamides is 1. The minimum absolute atomic E-state index is 0.00551. The number of alkyl halides is 3. The lowest BCUT2D eigenvalue weighted by Crippen LogP contribution is -2.33. The topological polar surface area (TPSA) is 157 Å². The number of halogens is 3. The van der Waals surface area contributed by atoms with Crippen LogP contribution < -0.4 is 21.1 Å². The van der Waals surface area contributed by atoms with E-state index in [0.29, 0.717) is 34.6 Å². The number of ether oxygens (including phenoxy) is 1. The van der Waals surface area contributed by atoms with Crippen LogP contribution in [0.2, 0.25) is 0 Å². The molecule has 4 rings (SSSR count). The lowest BCUT2D eigenvalue weighted by Gasteiger charge is -2.25. The number of hydrogen-bond donors (Lipinski definition) is 3. The zero-order valence-electron chi connectivity index (χ0n) is 23.6. The van der Waals surface area contributed by atoms with Gasteiger partial charge in [0.25, 0.3) is 0 Å². The first kappa shape index (κ1) is 33.8. The normalized spacial score (nSPS) is 12.0. The Labute approximate surface area is 275 Å². The van der Waals surface area contributed by atoms with Gasteiger partial charge in [0, 0.05) is 29.0 Å². The first-order chi connectivity index (χ1) is 21.3. The van der Waals surface area contributed by atoms with Crippen LogP contribution in [0, 0.1) is 0 Å². The minimum Gasteiger partial charge on any atom is -0.443 e. The van der Waals surface area contributed by atoms with Gasteiger partial charge in [0.1, 0.15) is 12.4 Å². The lowest BCUT2D eigenvalue weighted by molar-refractivity contribution is -0.115. The summed E-state index contributed by atoms with van der Waals surface area (Å²) in [4.78, 5) is 30.9. The smallest absolute Gasteiger partial charge is 0.435 e. The van der Waals surface area contributed by atoms with Crippen molar-refractivity contribution in [2.45, 2.75) is 15.2 Å². The maximum absolute atomic E-state index is 13.3. The fourth-order valence-electron chi connectivity index (χ4n) is 4.30. The predicted molar refractivity (Wildman–Crippen MR) is 178 cm³/mol. The maximum atomic E-state index is 13.3. The second kappa shape index (κ2) is 14.8. The van der Waals surface area contributed by atoms with Gasteiger partial charge in [0.05, 0.1) is 11.4 Å². The Bertz CT molecular complexity index is 1800. The summed E-state index contributed by atoms with van der Waals surface area (Å²) < 4.78 is 27.1. The molecule has 14 heteroatoms. The standard InChI is InChI=1S/C31H28Cl3N5O5S/c32-31(33,34)20-44-30(41)38-29(35)23-9-6-10-25(17-23)39(18-21-7-2-1-3-8-21)19-28(40)37-24-15-13-22(14-16-24)26-11-4-5-12-27(26)45(36,42)43/h1-17H,18-20H2,(H,37,40)(H2,35,38,41)(H2,36,42,43). The van der Waals surface area contributed by atoms with Crippen molar-refractivity contribution in [3.05, 3.63) is 114 Å². The first-order valence-corrected chi connectivity index (χ1v) is 16.0. The van der Waals surface area contributed by atoms with E-state index in [1.54, 1.807) is 66.7 Å². The van der Waals surface area contributed by atoms with Crippen LogP contribution in [0.3, 0.4) is 0 Å². The molecule has 0 aliphatic heterocycles. The van der Waals surface area contributed by atoms with Gasteiger partial charge in [-0.2, -0.15) is 4.99 Å². The molecule has 2 amide bonds. The van der Waals surface area contributed by atoms with Gasteiger partial charge in [-0.05, 0) is 41.5 Å². The predicted octanol–water partition coefficient (Wildman–Crippen LogP) is 5.86. The number of nitrogens with zero attached hydrogens (tertiary/aromatic N) is 2. The van der Waals surface area contributed by atoms with Gasteiger partial charge in [-0.1, -0.05) is 108 Å². The highest BCUT2D eigenvalue weighted by atomic mass is 35.6. The van der Waals surface area contributed by atoms with E-state index in [9.17, 15) is 18.0 Å². The molecule has 0 radical (unpaired) electrons. The van der Waals surface area contributed by atoms with Crippen LogP contribution in [0.5, 0.6) is 0 Å². The molecule has 0 bridgehead atoms. The maximum Gasteiger partial charge on any atom is 0.435 e. The number of anilines is 2. The highest BCUT2D eigenvalue weighted by molar-refractivity contribution is 7.89. The number of nitrogens with one attached hydrogen (secondary N) is 1. The van der Waals surface area contributed by atoms with Gasteiger partial charge >= 0.3 is 6.09 Å². The molecule has 0 spiro atoms. The number of aliphatic imine (C=N–C) groups is 1. The van der Waals surface area contributed by atoms with Gasteiger partial charge in [-0.15, -0.1) is 0 Å². The van der Waals surface area contributed by atoms with Crippen molar-refractivity contribution in [1.82, 2.24) is 0 Å². The fourth-order valence-corrected chi connectivity index (χ4v) is 5.23. The van der Waals surface area contributed by atoms with E-state index in [1.165, 1.54) is 6.07 Å². The molecular weight excluding hydrogens is 661 g/mol. The molecule has 4 aromatic carbocycles. The van der Waals surface area contributed by atoms with E-state index in [1.807, 2.05) is 35.2 Å². The van der Waals surface area contributed by atoms with E-state index in [4.69, 9.17) is 50.4 Å². The summed E-state index contributed by atoms with van der Waals surface area (Å²) in [5, 5.41) is 8.25. The van der Waals surface area contributed by atoms with E-state index in [-0.39, 0.29) is 23.2 Å². The fraction of sp³-hybridized carbons (Fsp3) is 0.129. The van der Waals surface area contributed by atoms with Crippen molar-refractivity contribution in [3.63, 3.8) is 0 Å². The Morgan fingerprint density at radius 2 is 1.56 bits per heavy atom. The third kappa shape index (κ3) is 10.2. The summed E-state index contributed by atoms with van der Waals surface area (Å²) in [6, 6.07) is 29.6. The molecule has 0 aliphatic carbocycles. The van der Waals surface area contributed by atoms with E-state index in [0.717, 1.165) is 5.56 Å². The van der Waals surface area contributed by atoms with Gasteiger partial charge in [-0.25, -0.2) is 18.4 Å². The summed E-state index contributed by atoms with van der Waals surface area (Å²) in [6.07, 6.45) is -1.02. The molecule has 0 saturated carbocycles. The van der Waals surface area contributed by atoms with Crippen LogP contribution in [-0.4, -0.2) is 43.2 Å². The summed E-state index contributed by atoms with van der Waals surface area (Å²) in [5.74, 6) is -0.440. The van der Waals surface area contributed by atoms with Crippen LogP contribution in [-0.2, 0) is 26.1 Å². The Morgan fingerprint density at radius 3 is 2.22 bits per heavy atom. The number of sulfonamides is 1. The Balaban J connectivity index is 1.52. The third-order valence-corrected chi connectivity index (χ3v) is 7.60. The van der Waals surface area contributed by atoms with Crippen molar-refractivity contribution >= 4 is 74.0 Å². The Kier molecular flexibility index (Phi) is 11.1. The Hall–Kier alpha value is -4.13. The molecule has 0 aliphatic rings. The van der Waals surface area contributed by atoms with Crippen molar-refractivity contribution in [1.29, 1.82) is 0 Å². The zero-order chi connectivity index (χ0) is 32.6. The second-order valence-corrected chi connectivity index (χ2v) is 13.8. The van der Waals surface area contributed by atoms with Gasteiger partial charge < -0.3 is 20.7 Å². The van der Waals surface area contributed by atoms with Crippen molar-refractivity contribution < 1.29 is 22.7 Å². The Morgan fingerprint density at radius 1 is 0.889 bits per heavy atom. The average Bonchev–Trinajstić information content (AvgIpc) is 3.00. The van der Waals surface area contributed by atoms with Crippen molar-refractivity contribution in [2.24, 2.45) is 15.9 Å². The summed E-state index contributed by atoms with van der Waals surface area (Å²) in [5.41, 5.74) is 9.63. The highest BCUT2D eigenvalue weighted by Gasteiger charge is 2.22. The van der Waals surface area contributed by atoms with Gasteiger partial charge in [0.15, 0.2) is 0 Å². The quantitative estimate of drug-likeness (QED) is 0.107. The number of nitrogens with two attached hydrogens (primary N) is 2. The second-order valence-electron chi connectivity index (χ2n) is 9.73. The molecule has 4 aromatic rings. The van der Waals surface area contributed by atoms with Crippen LogP contribution in [0.1, 0.15) is 11.1 Å². The van der Waals surface area contributed by atoms with Crippen LogP contribution >= 0.6 is 34.8 Å². The number of carbonyl (C=O) groups excluding carboxylic acids is 2. The molecule has 10 nitrogen and oxygen atoms in total. The monoisotopic (exact) mass is 687 g/mol. The minimum atomic E-state index is -3.93. The number of rotatable bonds is 10. The number of carbonyl (C=O) groups is 2. The van der Waals surface area contributed by atoms with Crippen LogP contribution in [0.15, 0.2) is 113 Å². The summed E-state index contributed by atoms with van der Waals surface area (Å²) in [6.45, 7) is -0.168. The molecule has 0 heterocycles. The van der Waals surface area contributed by atoms with Crippen LogP contribution in [0.4, 0.5) is 16.2 Å². The summed E-state index contributed by atoms with van der Waals surface area (Å²) in [7, 11) is -3.93. The molecular formula is C31H28Cl3N5O5S. The number of benzene rings is 4. The van der Waals surface area contributed by atoms with E-state index < -0.39 is 26.5 Å². The highest BCUT2D eigenvalue weighted by Crippen LogP contribution is 2.28. The van der Waals surface area contributed by atoms with Gasteiger partial charge in [-0.3, -0.25) is 4.79 Å². The number of amidine groups is 1. The number of hydrogen-bond acceptors (Lipinski definition) is 6.